The third-order valence-electron chi connectivity index (χ3n) is 6.40. The number of benzene rings is 1. The normalized spacial score (nSPS) is 19.0. The summed E-state index contributed by atoms with van der Waals surface area (Å²) in [5, 5.41) is 23.7. The Morgan fingerprint density at radius 1 is 1.29 bits per heavy atom. The maximum atomic E-state index is 12.4. The lowest BCUT2D eigenvalue weighted by molar-refractivity contribution is -0.384. The van der Waals surface area contributed by atoms with E-state index in [2.05, 4.69) is 45.3 Å². The zero-order valence-corrected chi connectivity index (χ0v) is 22.6. The van der Waals surface area contributed by atoms with Crippen LogP contribution in [0.3, 0.4) is 0 Å². The van der Waals surface area contributed by atoms with E-state index in [1.807, 2.05) is 25.7 Å². The van der Waals surface area contributed by atoms with Gasteiger partial charge in [-0.25, -0.2) is 4.79 Å². The van der Waals surface area contributed by atoms with E-state index in [4.69, 9.17) is 14.4 Å². The van der Waals surface area contributed by atoms with Crippen LogP contribution in [0.1, 0.15) is 53.5 Å². The van der Waals surface area contributed by atoms with Gasteiger partial charge in [0.05, 0.1) is 36.6 Å². The van der Waals surface area contributed by atoms with Gasteiger partial charge in [0.15, 0.2) is 8.32 Å². The standard InChI is InChI=1S/C24H38N4O5Si/c1-23(2,3)26-22(29)33-19-14-18(16-32-34(7,8)24(4,5)6)27(15-19)21-13-17(11-12-25)9-10-20(21)28(30)31/h9-10,13,18-19H,11,14-16H2,1-8H3,(H,26,29)/t18-,19-/m0/s1. The lowest BCUT2D eigenvalue weighted by Crippen LogP contribution is -2.45. The number of carbonyl (C=O) groups excluding carboxylic acids is 1. The van der Waals surface area contributed by atoms with Crippen LogP contribution in [-0.2, 0) is 15.6 Å². The molecular weight excluding hydrogens is 452 g/mol. The smallest absolute Gasteiger partial charge is 0.407 e. The predicted molar refractivity (Wildman–Crippen MR) is 134 cm³/mol. The molecule has 0 spiro atoms. The Morgan fingerprint density at radius 3 is 2.47 bits per heavy atom. The van der Waals surface area contributed by atoms with Crippen LogP contribution < -0.4 is 10.2 Å². The molecule has 1 aromatic carbocycles. The zero-order valence-electron chi connectivity index (χ0n) is 21.6. The van der Waals surface area contributed by atoms with Crippen molar-refractivity contribution in [3.05, 3.63) is 33.9 Å². The van der Waals surface area contributed by atoms with Gasteiger partial charge < -0.3 is 19.4 Å². The first-order valence-corrected chi connectivity index (χ1v) is 14.5. The van der Waals surface area contributed by atoms with Gasteiger partial charge in [0.2, 0.25) is 0 Å². The van der Waals surface area contributed by atoms with Gasteiger partial charge >= 0.3 is 6.09 Å². The summed E-state index contributed by atoms with van der Waals surface area (Å²) in [6, 6.07) is 6.62. The van der Waals surface area contributed by atoms with Crippen molar-refractivity contribution in [1.29, 1.82) is 5.26 Å². The molecule has 0 aromatic heterocycles. The molecule has 10 heteroatoms. The van der Waals surface area contributed by atoms with Gasteiger partial charge in [-0.15, -0.1) is 0 Å². The van der Waals surface area contributed by atoms with Gasteiger partial charge in [0.1, 0.15) is 11.8 Å². The van der Waals surface area contributed by atoms with Gasteiger partial charge in [0.25, 0.3) is 5.69 Å². The molecule has 2 atom stereocenters. The second-order valence-corrected chi connectivity index (χ2v) is 16.2. The van der Waals surface area contributed by atoms with E-state index in [-0.39, 0.29) is 23.2 Å². The first-order chi connectivity index (χ1) is 15.5. The number of hydrogen-bond acceptors (Lipinski definition) is 7. The van der Waals surface area contributed by atoms with E-state index in [0.717, 1.165) is 0 Å². The van der Waals surface area contributed by atoms with Crippen LogP contribution >= 0.6 is 0 Å². The molecule has 0 unspecified atom stereocenters. The minimum atomic E-state index is -2.07. The van der Waals surface area contributed by atoms with Gasteiger partial charge in [-0.05, 0) is 50.5 Å². The number of amides is 1. The third-order valence-corrected chi connectivity index (χ3v) is 10.9. The van der Waals surface area contributed by atoms with E-state index >= 15 is 0 Å². The van der Waals surface area contributed by atoms with Crippen LogP contribution in [0.25, 0.3) is 0 Å². The zero-order chi connectivity index (χ0) is 25.9. The molecule has 1 amide bonds. The summed E-state index contributed by atoms with van der Waals surface area (Å²) in [6.07, 6.45) is -0.324. The van der Waals surface area contributed by atoms with Crippen molar-refractivity contribution in [2.75, 3.05) is 18.1 Å². The fourth-order valence-corrected chi connectivity index (χ4v) is 4.62. The van der Waals surface area contributed by atoms with Gasteiger partial charge in [0, 0.05) is 18.0 Å². The maximum absolute atomic E-state index is 12.4. The second-order valence-electron chi connectivity index (χ2n) is 11.4. The van der Waals surface area contributed by atoms with Crippen molar-refractivity contribution < 1.29 is 18.9 Å². The number of carbonyl (C=O) groups is 1. The topological polar surface area (TPSA) is 118 Å². The molecule has 1 aliphatic rings. The van der Waals surface area contributed by atoms with Crippen molar-refractivity contribution >= 4 is 25.8 Å². The average molecular weight is 491 g/mol. The van der Waals surface area contributed by atoms with Crippen molar-refractivity contribution in [1.82, 2.24) is 5.32 Å². The Hall–Kier alpha value is -2.64. The summed E-state index contributed by atoms with van der Waals surface area (Å²) in [5.74, 6) is 0. The van der Waals surface area contributed by atoms with Crippen LogP contribution in [0.5, 0.6) is 0 Å². The molecule has 1 N–H and O–H groups in total. The first-order valence-electron chi connectivity index (χ1n) is 11.6. The molecule has 0 radical (unpaired) electrons. The number of alkyl carbamates (subject to hydrolysis) is 1. The minimum Gasteiger partial charge on any atom is -0.444 e. The Bertz CT molecular complexity index is 946. The van der Waals surface area contributed by atoms with E-state index < -0.39 is 31.0 Å². The quantitative estimate of drug-likeness (QED) is 0.319. The summed E-state index contributed by atoms with van der Waals surface area (Å²) in [5.41, 5.74) is 0.634. The molecule has 1 heterocycles. The number of rotatable bonds is 7. The number of anilines is 1. The summed E-state index contributed by atoms with van der Waals surface area (Å²) in [4.78, 5) is 25.7. The Morgan fingerprint density at radius 2 is 1.94 bits per heavy atom. The molecule has 188 valence electrons. The highest BCUT2D eigenvalue weighted by molar-refractivity contribution is 6.74. The molecule has 2 rings (SSSR count). The largest absolute Gasteiger partial charge is 0.444 e. The molecular formula is C24H38N4O5Si. The number of nitro groups is 1. The molecule has 0 aliphatic carbocycles. The van der Waals surface area contributed by atoms with Crippen molar-refractivity contribution in [3.63, 3.8) is 0 Å². The van der Waals surface area contributed by atoms with Crippen LogP contribution in [0.15, 0.2) is 18.2 Å². The summed E-state index contributed by atoms with van der Waals surface area (Å²) in [6.45, 7) is 17.1. The minimum absolute atomic E-state index is 0.0115. The summed E-state index contributed by atoms with van der Waals surface area (Å²) < 4.78 is 12.1. The molecule has 1 aromatic rings. The number of hydrogen-bond donors (Lipinski definition) is 1. The molecule has 34 heavy (non-hydrogen) atoms. The van der Waals surface area contributed by atoms with Crippen LogP contribution in [0.2, 0.25) is 18.1 Å². The van der Waals surface area contributed by atoms with Crippen LogP contribution in [0, 0.1) is 21.4 Å². The molecule has 0 bridgehead atoms. The number of nitriles is 1. The second kappa shape index (κ2) is 10.3. The monoisotopic (exact) mass is 490 g/mol. The molecule has 0 saturated carbocycles. The SMILES string of the molecule is CC(C)(C)NC(=O)O[C@H]1C[C@@H](CO[Si](C)(C)C(C)(C)C)N(c2cc(CC#N)ccc2[N+](=O)[O-])C1. The number of nitrogens with zero attached hydrogens (tertiary/aromatic N) is 3. The third kappa shape index (κ3) is 7.18. The number of nitrogens with one attached hydrogen (secondary N) is 1. The van der Waals surface area contributed by atoms with Crippen molar-refractivity contribution in [2.24, 2.45) is 0 Å². The highest BCUT2D eigenvalue weighted by Gasteiger charge is 2.42. The Balaban J connectivity index is 2.37. The lowest BCUT2D eigenvalue weighted by atomic mass is 10.1. The highest BCUT2D eigenvalue weighted by Crippen LogP contribution is 2.39. The molecule has 1 fully saturated rings. The van der Waals surface area contributed by atoms with Crippen molar-refractivity contribution in [2.45, 2.75) is 90.2 Å². The van der Waals surface area contributed by atoms with E-state index in [1.54, 1.807) is 12.1 Å². The molecule has 1 saturated heterocycles. The van der Waals surface area contributed by atoms with Crippen LogP contribution in [-0.4, -0.2) is 50.2 Å². The van der Waals surface area contributed by atoms with Crippen molar-refractivity contribution in [3.8, 4) is 6.07 Å². The highest BCUT2D eigenvalue weighted by atomic mass is 28.4. The van der Waals surface area contributed by atoms with Gasteiger partial charge in [-0.3, -0.25) is 10.1 Å². The van der Waals surface area contributed by atoms with Gasteiger partial charge in [-0.2, -0.15) is 5.26 Å². The molecule has 9 nitrogen and oxygen atoms in total. The Kier molecular flexibility index (Phi) is 8.38. The summed E-state index contributed by atoms with van der Waals surface area (Å²) in [7, 11) is -2.07. The molecule has 1 aliphatic heterocycles. The van der Waals surface area contributed by atoms with E-state index in [1.165, 1.54) is 6.07 Å². The summed E-state index contributed by atoms with van der Waals surface area (Å²) >= 11 is 0. The lowest BCUT2D eigenvalue weighted by Gasteiger charge is -2.38. The predicted octanol–water partition coefficient (Wildman–Crippen LogP) is 5.15. The van der Waals surface area contributed by atoms with Gasteiger partial charge in [-0.1, -0.05) is 26.8 Å². The maximum Gasteiger partial charge on any atom is 0.407 e. The fourth-order valence-electron chi connectivity index (χ4n) is 3.57. The first kappa shape index (κ1) is 27.6. The van der Waals surface area contributed by atoms with Crippen LogP contribution in [0.4, 0.5) is 16.2 Å². The van der Waals surface area contributed by atoms with E-state index in [9.17, 15) is 14.9 Å². The number of nitro benzene ring substituents is 1. The number of ether oxygens (including phenoxy) is 1. The average Bonchev–Trinajstić information content (AvgIpc) is 3.06. The fraction of sp³-hybridized carbons (Fsp3) is 0.667. The van der Waals surface area contributed by atoms with E-state index in [0.29, 0.717) is 30.8 Å². The Labute approximate surface area is 203 Å².